The van der Waals surface area contributed by atoms with Crippen LogP contribution in [0.15, 0.2) is 18.7 Å². The third-order valence-electron chi connectivity index (χ3n) is 2.77. The average Bonchev–Trinajstić information content (AvgIpc) is 2.55. The van der Waals surface area contributed by atoms with Gasteiger partial charge in [0.25, 0.3) is 0 Å². The highest BCUT2D eigenvalue weighted by molar-refractivity contribution is 5.41. The molecule has 1 aromatic rings. The summed E-state index contributed by atoms with van der Waals surface area (Å²) in [6.07, 6.45) is 0.254. The van der Waals surface area contributed by atoms with Crippen LogP contribution in [0.5, 0.6) is 0 Å². The molecular formula is C10H13F3N4. The minimum atomic E-state index is -4.18. The molecule has 1 saturated heterocycles. The number of alkyl halides is 3. The van der Waals surface area contributed by atoms with Crippen molar-refractivity contribution >= 4 is 5.69 Å². The first-order valence-corrected chi connectivity index (χ1v) is 5.35. The van der Waals surface area contributed by atoms with Crippen LogP contribution in [0.25, 0.3) is 0 Å². The molecule has 2 rings (SSSR count). The number of halogens is 3. The van der Waals surface area contributed by atoms with Crippen LogP contribution in [0.4, 0.5) is 18.9 Å². The topological polar surface area (TPSA) is 41.0 Å². The van der Waals surface area contributed by atoms with Gasteiger partial charge in [0, 0.05) is 26.2 Å². The Kier molecular flexibility index (Phi) is 3.46. The molecule has 0 spiro atoms. The summed E-state index contributed by atoms with van der Waals surface area (Å²) in [4.78, 5) is 9.31. The summed E-state index contributed by atoms with van der Waals surface area (Å²) in [6.45, 7) is 0.971. The molecule has 1 aliphatic rings. The van der Waals surface area contributed by atoms with Crippen molar-refractivity contribution in [1.29, 1.82) is 0 Å². The van der Waals surface area contributed by atoms with Crippen molar-refractivity contribution in [2.24, 2.45) is 5.92 Å². The average molecular weight is 246 g/mol. The quantitative estimate of drug-likeness (QED) is 0.804. The molecule has 2 heterocycles. The molecule has 0 radical (unpaired) electrons. The van der Waals surface area contributed by atoms with E-state index in [0.717, 1.165) is 0 Å². The molecular weight excluding hydrogens is 233 g/mol. The molecule has 1 unspecified atom stereocenters. The van der Waals surface area contributed by atoms with E-state index in [4.69, 9.17) is 0 Å². The number of nitrogens with zero attached hydrogens (tertiary/aromatic N) is 3. The Morgan fingerprint density at radius 3 is 2.65 bits per heavy atom. The molecule has 94 valence electrons. The molecule has 0 aliphatic carbocycles. The molecule has 1 fully saturated rings. The fraction of sp³-hybridized carbons (Fsp3) is 0.600. The maximum absolute atomic E-state index is 12.7. The first-order valence-electron chi connectivity index (χ1n) is 5.35. The fourth-order valence-corrected chi connectivity index (χ4v) is 1.82. The monoisotopic (exact) mass is 246 g/mol. The van der Waals surface area contributed by atoms with Gasteiger partial charge in [0.05, 0.1) is 24.0 Å². The molecule has 1 aromatic heterocycles. The second-order valence-electron chi connectivity index (χ2n) is 3.99. The van der Waals surface area contributed by atoms with Gasteiger partial charge in [-0.2, -0.15) is 13.2 Å². The number of hydrogen-bond donors (Lipinski definition) is 1. The predicted octanol–water partition coefficient (Wildman–Crippen LogP) is 1.06. The number of anilines is 1. The van der Waals surface area contributed by atoms with Gasteiger partial charge in [-0.1, -0.05) is 0 Å². The van der Waals surface area contributed by atoms with Crippen LogP contribution in [0, 0.1) is 5.92 Å². The third kappa shape index (κ3) is 3.06. The molecule has 0 bridgehead atoms. The van der Waals surface area contributed by atoms with Crippen LogP contribution in [0.3, 0.4) is 0 Å². The van der Waals surface area contributed by atoms with Crippen LogP contribution in [0.1, 0.15) is 0 Å². The standard InChI is InChI=1S/C10H13F3N4/c11-10(12,13)8-3-14-1-2-17(6-8)9-4-15-7-16-5-9/h4-5,7-8,14H,1-3,6H2. The summed E-state index contributed by atoms with van der Waals surface area (Å²) in [7, 11) is 0. The lowest BCUT2D eigenvalue weighted by Gasteiger charge is -2.26. The Morgan fingerprint density at radius 2 is 2.00 bits per heavy atom. The number of rotatable bonds is 1. The first-order chi connectivity index (χ1) is 8.07. The normalized spacial score (nSPS) is 22.3. The van der Waals surface area contributed by atoms with Gasteiger partial charge in [-0.15, -0.1) is 0 Å². The molecule has 4 nitrogen and oxygen atoms in total. The molecule has 1 atom stereocenters. The van der Waals surface area contributed by atoms with E-state index >= 15 is 0 Å². The van der Waals surface area contributed by atoms with Gasteiger partial charge in [0.1, 0.15) is 6.33 Å². The second-order valence-corrected chi connectivity index (χ2v) is 3.99. The van der Waals surface area contributed by atoms with Crippen LogP contribution in [-0.4, -0.2) is 42.3 Å². The Hall–Kier alpha value is -1.37. The van der Waals surface area contributed by atoms with Gasteiger partial charge in [0.2, 0.25) is 0 Å². The van der Waals surface area contributed by atoms with Gasteiger partial charge in [0.15, 0.2) is 0 Å². The van der Waals surface area contributed by atoms with E-state index in [1.807, 2.05) is 0 Å². The van der Waals surface area contributed by atoms with E-state index in [1.165, 1.54) is 18.7 Å². The Morgan fingerprint density at radius 1 is 1.29 bits per heavy atom. The minimum absolute atomic E-state index is 0.0340. The lowest BCUT2D eigenvalue weighted by atomic mass is 10.1. The second kappa shape index (κ2) is 4.87. The van der Waals surface area contributed by atoms with Crippen molar-refractivity contribution in [2.45, 2.75) is 6.18 Å². The Bertz CT molecular complexity index is 354. The summed E-state index contributed by atoms with van der Waals surface area (Å²) in [6, 6.07) is 0. The molecule has 1 N–H and O–H groups in total. The summed E-state index contributed by atoms with van der Waals surface area (Å²) in [5, 5.41) is 2.80. The van der Waals surface area contributed by atoms with Crippen molar-refractivity contribution in [3.05, 3.63) is 18.7 Å². The zero-order valence-corrected chi connectivity index (χ0v) is 9.11. The Labute approximate surface area is 96.9 Å². The number of nitrogens with one attached hydrogen (secondary N) is 1. The lowest BCUT2D eigenvalue weighted by molar-refractivity contribution is -0.169. The van der Waals surface area contributed by atoms with E-state index in [1.54, 1.807) is 4.90 Å². The maximum Gasteiger partial charge on any atom is 0.394 e. The summed E-state index contributed by atoms with van der Waals surface area (Å²) < 4.78 is 38.1. The lowest BCUT2D eigenvalue weighted by Crippen LogP contribution is -2.38. The van der Waals surface area contributed by atoms with Crippen molar-refractivity contribution < 1.29 is 13.2 Å². The van der Waals surface area contributed by atoms with E-state index in [-0.39, 0.29) is 13.1 Å². The maximum atomic E-state index is 12.7. The first kappa shape index (κ1) is 12.1. The molecule has 0 aromatic carbocycles. The molecule has 0 saturated carbocycles. The van der Waals surface area contributed by atoms with E-state index < -0.39 is 12.1 Å². The number of hydrogen-bond acceptors (Lipinski definition) is 4. The zero-order valence-electron chi connectivity index (χ0n) is 9.11. The summed E-state index contributed by atoms with van der Waals surface area (Å²) in [5.74, 6) is -1.36. The SMILES string of the molecule is FC(F)(F)C1CNCCN(c2cncnc2)C1. The highest BCUT2D eigenvalue weighted by atomic mass is 19.4. The van der Waals surface area contributed by atoms with Gasteiger partial charge in [-0.3, -0.25) is 0 Å². The summed E-state index contributed by atoms with van der Waals surface area (Å²) in [5.41, 5.74) is 0.630. The van der Waals surface area contributed by atoms with E-state index in [0.29, 0.717) is 18.8 Å². The largest absolute Gasteiger partial charge is 0.394 e. The minimum Gasteiger partial charge on any atom is -0.367 e. The highest BCUT2D eigenvalue weighted by Crippen LogP contribution is 2.28. The van der Waals surface area contributed by atoms with E-state index in [9.17, 15) is 13.2 Å². The fourth-order valence-electron chi connectivity index (χ4n) is 1.82. The van der Waals surface area contributed by atoms with Crippen molar-refractivity contribution in [2.75, 3.05) is 31.1 Å². The zero-order chi connectivity index (χ0) is 12.3. The van der Waals surface area contributed by atoms with Crippen LogP contribution in [-0.2, 0) is 0 Å². The molecule has 17 heavy (non-hydrogen) atoms. The molecule has 0 amide bonds. The van der Waals surface area contributed by atoms with Crippen molar-refractivity contribution in [3.8, 4) is 0 Å². The summed E-state index contributed by atoms with van der Waals surface area (Å²) >= 11 is 0. The van der Waals surface area contributed by atoms with Crippen LogP contribution in [0.2, 0.25) is 0 Å². The van der Waals surface area contributed by atoms with Gasteiger partial charge >= 0.3 is 6.18 Å². The van der Waals surface area contributed by atoms with Gasteiger partial charge in [-0.05, 0) is 0 Å². The van der Waals surface area contributed by atoms with Crippen LogP contribution < -0.4 is 10.2 Å². The van der Waals surface area contributed by atoms with Crippen LogP contribution >= 0.6 is 0 Å². The third-order valence-corrected chi connectivity index (χ3v) is 2.77. The van der Waals surface area contributed by atoms with Crippen molar-refractivity contribution in [3.63, 3.8) is 0 Å². The van der Waals surface area contributed by atoms with Gasteiger partial charge < -0.3 is 10.2 Å². The predicted molar refractivity (Wildman–Crippen MR) is 56.7 cm³/mol. The highest BCUT2D eigenvalue weighted by Gasteiger charge is 2.41. The number of aromatic nitrogens is 2. The Balaban J connectivity index is 2.13. The van der Waals surface area contributed by atoms with Gasteiger partial charge in [-0.25, -0.2) is 9.97 Å². The molecule has 1 aliphatic heterocycles. The smallest absolute Gasteiger partial charge is 0.367 e. The molecule has 7 heteroatoms. The van der Waals surface area contributed by atoms with E-state index in [2.05, 4.69) is 15.3 Å². The van der Waals surface area contributed by atoms with Crippen molar-refractivity contribution in [1.82, 2.24) is 15.3 Å².